The molecule has 0 saturated heterocycles. The number of thiol groups is 2. The van der Waals surface area contributed by atoms with Crippen LogP contribution in [0.5, 0.6) is 0 Å². The molecule has 11 heavy (non-hydrogen) atoms. The molecule has 1 nitrogen and oxygen atoms in total. The van der Waals surface area contributed by atoms with Crippen molar-refractivity contribution in [1.82, 2.24) is 0 Å². The van der Waals surface area contributed by atoms with Gasteiger partial charge < -0.3 is 4.12 Å². The lowest BCUT2D eigenvalue weighted by atomic mass is 10.8. The normalized spacial score (nSPS) is 15.5. The van der Waals surface area contributed by atoms with Gasteiger partial charge in [0.15, 0.2) is 0 Å². The maximum atomic E-state index is 5.59. The molecule has 5 heteroatoms. The van der Waals surface area contributed by atoms with Gasteiger partial charge in [0.1, 0.15) is 0 Å². The molecule has 0 amide bonds. The van der Waals surface area contributed by atoms with Gasteiger partial charge in [0.2, 0.25) is 16.4 Å². The van der Waals surface area contributed by atoms with E-state index in [9.17, 15) is 0 Å². The molecule has 0 aromatic carbocycles. The van der Waals surface area contributed by atoms with E-state index in [2.05, 4.69) is 37.3 Å². The smallest absolute Gasteiger partial charge is 0.227 e. The average Bonchev–Trinajstić information content (AvgIpc) is 1.87. The minimum Gasteiger partial charge on any atom is -0.444 e. The van der Waals surface area contributed by atoms with Crippen molar-refractivity contribution >= 4 is 40.5 Å². The predicted octanol–water partition coefficient (Wildman–Crippen LogP) is 1.68. The number of hydrogen-bond acceptors (Lipinski definition) is 3. The van der Waals surface area contributed by atoms with Crippen molar-refractivity contribution in [2.24, 2.45) is 0 Å². The van der Waals surface area contributed by atoms with Gasteiger partial charge in [0.25, 0.3) is 0 Å². The third kappa shape index (κ3) is 6.95. The van der Waals surface area contributed by atoms with Crippen LogP contribution >= 0.6 is 24.2 Å². The molecule has 0 bridgehead atoms. The second-order valence-corrected chi connectivity index (χ2v) is 9.40. The van der Waals surface area contributed by atoms with Gasteiger partial charge in [-0.1, -0.05) is 12.2 Å². The first-order valence-corrected chi connectivity index (χ1v) is 10.1. The predicted molar refractivity (Wildman–Crippen MR) is 63.4 cm³/mol. The molecule has 0 rings (SSSR count). The number of allylic oxidation sites excluding steroid dienone is 2. The van der Waals surface area contributed by atoms with Crippen molar-refractivity contribution in [3.63, 3.8) is 0 Å². The Kier molecular flexibility index (Phi) is 7.61. The summed E-state index contributed by atoms with van der Waals surface area (Å²) in [7, 11) is -2.56. The minimum atomic E-state index is -1.28. The second kappa shape index (κ2) is 7.24. The van der Waals surface area contributed by atoms with Gasteiger partial charge in [0, 0.05) is 0 Å². The largest absolute Gasteiger partial charge is 0.444 e. The molecule has 0 saturated carbocycles. The molecule has 0 N–H and O–H groups in total. The van der Waals surface area contributed by atoms with E-state index < -0.39 is 16.4 Å². The zero-order chi connectivity index (χ0) is 8.69. The molecular weight excluding hydrogens is 208 g/mol. The average molecular weight is 222 g/mol. The Bertz CT molecular complexity index is 118. The molecular formula is C6H14OS2Si2. The molecule has 0 heterocycles. The molecule has 0 radical (unpaired) electrons. The van der Waals surface area contributed by atoms with Gasteiger partial charge in [-0.05, 0) is 12.1 Å². The van der Waals surface area contributed by atoms with Crippen LogP contribution in [0.1, 0.15) is 0 Å². The van der Waals surface area contributed by atoms with E-state index in [1.54, 1.807) is 0 Å². The van der Waals surface area contributed by atoms with Gasteiger partial charge in [-0.25, -0.2) is 0 Å². The first-order chi connectivity index (χ1) is 5.20. The lowest BCUT2D eigenvalue weighted by Crippen LogP contribution is -2.19. The van der Waals surface area contributed by atoms with Crippen LogP contribution in [-0.4, -0.2) is 16.4 Å². The lowest BCUT2D eigenvalue weighted by Gasteiger charge is -2.12. The van der Waals surface area contributed by atoms with Gasteiger partial charge >= 0.3 is 0 Å². The van der Waals surface area contributed by atoms with Crippen LogP contribution in [0, 0.1) is 0 Å². The van der Waals surface area contributed by atoms with Crippen LogP contribution in [0.4, 0.5) is 0 Å². The zero-order valence-electron chi connectivity index (χ0n) is 6.44. The maximum absolute atomic E-state index is 5.59. The SMILES string of the molecule is C=CC[SiH](S)O[SiH](S)CC=C. The molecule has 2 atom stereocenters. The van der Waals surface area contributed by atoms with Crippen LogP contribution in [0.2, 0.25) is 12.1 Å². The summed E-state index contributed by atoms with van der Waals surface area (Å²) in [5, 5.41) is 0. The summed E-state index contributed by atoms with van der Waals surface area (Å²) < 4.78 is 5.59. The van der Waals surface area contributed by atoms with Gasteiger partial charge in [-0.3, -0.25) is 0 Å². The monoisotopic (exact) mass is 222 g/mol. The van der Waals surface area contributed by atoms with Gasteiger partial charge in [-0.15, -0.1) is 13.2 Å². The Labute approximate surface area is 82.1 Å². The van der Waals surface area contributed by atoms with Crippen LogP contribution in [0.3, 0.4) is 0 Å². The highest BCUT2D eigenvalue weighted by molar-refractivity contribution is 8.12. The third-order valence-corrected chi connectivity index (χ3v) is 8.49. The Hall–Kier alpha value is 0.574. The summed E-state index contributed by atoms with van der Waals surface area (Å²) in [6, 6.07) is 1.81. The van der Waals surface area contributed by atoms with E-state index in [0.717, 1.165) is 12.1 Å². The Morgan fingerprint density at radius 2 is 1.45 bits per heavy atom. The van der Waals surface area contributed by atoms with Crippen molar-refractivity contribution in [1.29, 1.82) is 0 Å². The minimum absolute atomic E-state index is 0.907. The molecule has 0 aliphatic rings. The van der Waals surface area contributed by atoms with E-state index in [4.69, 9.17) is 4.12 Å². The summed E-state index contributed by atoms with van der Waals surface area (Å²) in [5.41, 5.74) is 0. The molecule has 0 aromatic heterocycles. The third-order valence-electron chi connectivity index (χ3n) is 1.05. The van der Waals surface area contributed by atoms with Crippen LogP contribution < -0.4 is 0 Å². The molecule has 64 valence electrons. The summed E-state index contributed by atoms with van der Waals surface area (Å²) in [6.07, 6.45) is 3.71. The molecule has 0 spiro atoms. The second-order valence-electron chi connectivity index (χ2n) is 2.09. The lowest BCUT2D eigenvalue weighted by molar-refractivity contribution is 0.630. The molecule has 0 aromatic rings. The number of hydrogen-bond donors (Lipinski definition) is 2. The highest BCUT2D eigenvalue weighted by Gasteiger charge is 2.09. The molecule has 2 unspecified atom stereocenters. The summed E-state index contributed by atoms with van der Waals surface area (Å²) in [6.45, 7) is 7.26. The quantitative estimate of drug-likeness (QED) is 0.395. The van der Waals surface area contributed by atoms with Gasteiger partial charge in [-0.2, -0.15) is 24.2 Å². The first kappa shape index (κ1) is 11.6. The topological polar surface area (TPSA) is 9.23 Å². The van der Waals surface area contributed by atoms with E-state index in [0.29, 0.717) is 0 Å². The van der Waals surface area contributed by atoms with E-state index in [1.165, 1.54) is 0 Å². The van der Waals surface area contributed by atoms with Crippen LogP contribution in [-0.2, 0) is 4.12 Å². The highest BCUT2D eigenvalue weighted by Crippen LogP contribution is 2.07. The van der Waals surface area contributed by atoms with Crippen molar-refractivity contribution in [3.05, 3.63) is 25.3 Å². The fraction of sp³-hybridized carbons (Fsp3) is 0.333. The first-order valence-electron chi connectivity index (χ1n) is 3.44. The molecule has 0 aliphatic carbocycles. The standard InChI is InChI=1S/C6H14OS2Si2/c1-3-5-10(8)7-11(9)6-4-2/h3-4,8-11H,1-2,5-6H2. The number of rotatable bonds is 6. The van der Waals surface area contributed by atoms with E-state index in [1.807, 2.05) is 12.2 Å². The van der Waals surface area contributed by atoms with Crippen molar-refractivity contribution in [2.45, 2.75) is 12.1 Å². The zero-order valence-corrected chi connectivity index (χ0v) is 10.5. The Morgan fingerprint density at radius 3 is 1.73 bits per heavy atom. The van der Waals surface area contributed by atoms with Crippen molar-refractivity contribution in [2.75, 3.05) is 0 Å². The van der Waals surface area contributed by atoms with Crippen LogP contribution in [0.15, 0.2) is 25.3 Å². The fourth-order valence-corrected chi connectivity index (χ4v) is 7.89. The molecule has 0 fully saturated rings. The van der Waals surface area contributed by atoms with E-state index in [-0.39, 0.29) is 0 Å². The maximum Gasteiger partial charge on any atom is 0.227 e. The summed E-state index contributed by atoms with van der Waals surface area (Å²) in [4.78, 5) is 0. The molecule has 0 aliphatic heterocycles. The van der Waals surface area contributed by atoms with Crippen molar-refractivity contribution < 1.29 is 4.12 Å². The summed E-state index contributed by atoms with van der Waals surface area (Å²) in [5.74, 6) is 0. The van der Waals surface area contributed by atoms with Gasteiger partial charge in [0.05, 0.1) is 0 Å². The summed E-state index contributed by atoms with van der Waals surface area (Å²) >= 11 is 8.68. The fourth-order valence-electron chi connectivity index (χ4n) is 0.578. The Morgan fingerprint density at radius 1 is 1.09 bits per heavy atom. The van der Waals surface area contributed by atoms with Crippen LogP contribution in [0.25, 0.3) is 0 Å². The highest BCUT2D eigenvalue weighted by atomic mass is 32.3. The Balaban J connectivity index is 3.46. The van der Waals surface area contributed by atoms with E-state index >= 15 is 0 Å². The van der Waals surface area contributed by atoms with Crippen molar-refractivity contribution in [3.8, 4) is 0 Å².